The molecule has 0 aromatic carbocycles. The minimum atomic E-state index is -0.690. The molecule has 4 heteroatoms. The fraction of sp³-hybridized carbons (Fsp3) is 0.929. The van der Waals surface area contributed by atoms with Crippen LogP contribution in [0.4, 0.5) is 0 Å². The lowest BCUT2D eigenvalue weighted by atomic mass is 9.96. The zero-order valence-corrected chi connectivity index (χ0v) is 11.1. The molecule has 0 spiro atoms. The number of hydrogen-bond donors (Lipinski definition) is 2. The number of rotatable bonds is 5. The first-order valence-corrected chi connectivity index (χ1v) is 7.28. The summed E-state index contributed by atoms with van der Waals surface area (Å²) in [4.78, 5) is 13.1. The lowest BCUT2D eigenvalue weighted by Gasteiger charge is -2.32. The van der Waals surface area contributed by atoms with Gasteiger partial charge >= 0.3 is 5.97 Å². The predicted molar refractivity (Wildman–Crippen MR) is 69.4 cm³/mol. The van der Waals surface area contributed by atoms with Crippen LogP contribution >= 0.6 is 0 Å². The van der Waals surface area contributed by atoms with Crippen molar-refractivity contribution in [2.45, 2.75) is 51.0 Å². The Morgan fingerprint density at radius 3 is 2.61 bits per heavy atom. The van der Waals surface area contributed by atoms with Crippen molar-refractivity contribution in [3.63, 3.8) is 0 Å². The van der Waals surface area contributed by atoms with E-state index >= 15 is 0 Å². The maximum Gasteiger partial charge on any atom is 0.307 e. The summed E-state index contributed by atoms with van der Waals surface area (Å²) in [5.74, 6) is -0.234. The molecule has 2 atom stereocenters. The molecule has 2 fully saturated rings. The highest BCUT2D eigenvalue weighted by Crippen LogP contribution is 2.29. The third kappa shape index (κ3) is 3.95. The summed E-state index contributed by atoms with van der Waals surface area (Å²) >= 11 is 0. The van der Waals surface area contributed by atoms with Crippen LogP contribution in [0.3, 0.4) is 0 Å². The number of carboxylic acid groups (broad SMARTS) is 1. The van der Waals surface area contributed by atoms with Crippen LogP contribution in [0.5, 0.6) is 0 Å². The highest BCUT2D eigenvalue weighted by molar-refractivity contribution is 5.70. The van der Waals surface area contributed by atoms with Crippen LogP contribution in [0.1, 0.15) is 44.9 Å². The largest absolute Gasteiger partial charge is 0.481 e. The van der Waals surface area contributed by atoms with E-state index in [1.165, 1.54) is 25.7 Å². The van der Waals surface area contributed by atoms with Gasteiger partial charge in [0.2, 0.25) is 0 Å². The van der Waals surface area contributed by atoms with E-state index in [-0.39, 0.29) is 12.0 Å². The lowest BCUT2D eigenvalue weighted by Crippen LogP contribution is -2.42. The van der Waals surface area contributed by atoms with E-state index in [4.69, 9.17) is 5.11 Å². The molecule has 2 aliphatic rings. The third-order valence-corrected chi connectivity index (χ3v) is 4.40. The van der Waals surface area contributed by atoms with Gasteiger partial charge in [-0.1, -0.05) is 25.7 Å². The number of hydrogen-bond acceptors (Lipinski definition) is 3. The Morgan fingerprint density at radius 1 is 1.22 bits per heavy atom. The van der Waals surface area contributed by atoms with E-state index < -0.39 is 5.97 Å². The smallest absolute Gasteiger partial charge is 0.307 e. The van der Waals surface area contributed by atoms with Gasteiger partial charge in [-0.3, -0.25) is 9.69 Å². The number of nitrogens with zero attached hydrogens (tertiary/aromatic N) is 1. The van der Waals surface area contributed by atoms with E-state index in [0.717, 1.165) is 25.8 Å². The van der Waals surface area contributed by atoms with Crippen molar-refractivity contribution in [2.24, 2.45) is 11.8 Å². The summed E-state index contributed by atoms with van der Waals surface area (Å²) in [6.07, 6.45) is 7.47. The van der Waals surface area contributed by atoms with E-state index in [1.54, 1.807) is 0 Å². The van der Waals surface area contributed by atoms with Crippen molar-refractivity contribution in [1.29, 1.82) is 0 Å². The lowest BCUT2D eigenvalue weighted by molar-refractivity contribution is -0.143. The monoisotopic (exact) mass is 255 g/mol. The number of β-amino-alcohol motifs (C(OH)–C–C–N with tert-alkyl or cyclic N) is 1. The topological polar surface area (TPSA) is 60.8 Å². The molecule has 1 aliphatic carbocycles. The summed E-state index contributed by atoms with van der Waals surface area (Å²) in [7, 11) is 0. The average molecular weight is 255 g/mol. The first kappa shape index (κ1) is 13.8. The van der Waals surface area contributed by atoms with Gasteiger partial charge in [0.05, 0.1) is 12.0 Å². The number of aliphatic hydroxyl groups excluding tert-OH is 1. The van der Waals surface area contributed by atoms with Crippen LogP contribution in [0, 0.1) is 11.8 Å². The van der Waals surface area contributed by atoms with Crippen LogP contribution in [0.2, 0.25) is 0 Å². The van der Waals surface area contributed by atoms with E-state index in [9.17, 15) is 9.90 Å². The molecule has 104 valence electrons. The number of carboxylic acids is 1. The molecule has 0 radical (unpaired) electrons. The Hall–Kier alpha value is -0.610. The molecule has 0 bridgehead atoms. The SMILES string of the molecule is O=C(O)C1CCCN(CC(O)CC2CCCC2)C1. The van der Waals surface area contributed by atoms with Crippen LogP contribution in [-0.4, -0.2) is 46.8 Å². The molecule has 1 aliphatic heterocycles. The highest BCUT2D eigenvalue weighted by atomic mass is 16.4. The summed E-state index contributed by atoms with van der Waals surface area (Å²) in [6, 6.07) is 0. The van der Waals surface area contributed by atoms with Gasteiger partial charge in [0, 0.05) is 13.1 Å². The molecule has 0 aromatic heterocycles. The molecule has 2 unspecified atom stereocenters. The van der Waals surface area contributed by atoms with Crippen molar-refractivity contribution >= 4 is 5.97 Å². The Morgan fingerprint density at radius 2 is 1.94 bits per heavy atom. The number of carbonyl (C=O) groups is 1. The summed E-state index contributed by atoms with van der Waals surface area (Å²) < 4.78 is 0. The van der Waals surface area contributed by atoms with Gasteiger partial charge < -0.3 is 10.2 Å². The van der Waals surface area contributed by atoms with Gasteiger partial charge in [0.25, 0.3) is 0 Å². The number of piperidine rings is 1. The molecule has 18 heavy (non-hydrogen) atoms. The summed E-state index contributed by atoms with van der Waals surface area (Å²) in [5, 5.41) is 19.1. The highest BCUT2D eigenvalue weighted by Gasteiger charge is 2.27. The minimum Gasteiger partial charge on any atom is -0.481 e. The van der Waals surface area contributed by atoms with E-state index in [1.807, 2.05) is 0 Å². The average Bonchev–Trinajstić information content (AvgIpc) is 2.82. The molecule has 0 amide bonds. The maximum atomic E-state index is 11.0. The minimum absolute atomic E-state index is 0.238. The summed E-state index contributed by atoms with van der Waals surface area (Å²) in [6.45, 7) is 2.20. The van der Waals surface area contributed by atoms with Crippen LogP contribution < -0.4 is 0 Å². The van der Waals surface area contributed by atoms with Gasteiger partial charge in [0.1, 0.15) is 0 Å². The Labute approximate surface area is 109 Å². The van der Waals surface area contributed by atoms with Crippen molar-refractivity contribution in [3.8, 4) is 0 Å². The molecule has 1 saturated heterocycles. The molecule has 0 aromatic rings. The third-order valence-electron chi connectivity index (χ3n) is 4.40. The second-order valence-corrected chi connectivity index (χ2v) is 5.98. The zero-order valence-electron chi connectivity index (χ0n) is 11.1. The second kappa shape index (κ2) is 6.53. The Bertz CT molecular complexity index is 276. The van der Waals surface area contributed by atoms with Crippen LogP contribution in [-0.2, 0) is 4.79 Å². The van der Waals surface area contributed by atoms with Crippen LogP contribution in [0.25, 0.3) is 0 Å². The van der Waals surface area contributed by atoms with Crippen LogP contribution in [0.15, 0.2) is 0 Å². The van der Waals surface area contributed by atoms with E-state index in [0.29, 0.717) is 19.0 Å². The molecule has 4 nitrogen and oxygen atoms in total. The van der Waals surface area contributed by atoms with Crippen molar-refractivity contribution in [3.05, 3.63) is 0 Å². The van der Waals surface area contributed by atoms with Gasteiger partial charge in [-0.05, 0) is 31.7 Å². The van der Waals surface area contributed by atoms with Gasteiger partial charge in [-0.2, -0.15) is 0 Å². The van der Waals surface area contributed by atoms with Gasteiger partial charge in [-0.15, -0.1) is 0 Å². The maximum absolute atomic E-state index is 11.0. The molecular weight excluding hydrogens is 230 g/mol. The van der Waals surface area contributed by atoms with Gasteiger partial charge in [-0.25, -0.2) is 0 Å². The first-order valence-electron chi connectivity index (χ1n) is 7.28. The fourth-order valence-electron chi connectivity index (χ4n) is 3.43. The number of aliphatic carboxylic acids is 1. The first-order chi connectivity index (χ1) is 8.65. The molecule has 1 saturated carbocycles. The van der Waals surface area contributed by atoms with Crippen molar-refractivity contribution in [2.75, 3.05) is 19.6 Å². The van der Waals surface area contributed by atoms with Crippen molar-refractivity contribution < 1.29 is 15.0 Å². The fourth-order valence-corrected chi connectivity index (χ4v) is 3.43. The molecule has 2 N–H and O–H groups in total. The summed E-state index contributed by atoms with van der Waals surface area (Å²) in [5.41, 5.74) is 0. The van der Waals surface area contributed by atoms with Gasteiger partial charge in [0.15, 0.2) is 0 Å². The Kier molecular flexibility index (Phi) is 5.01. The molecular formula is C14H25NO3. The Balaban J connectivity index is 1.72. The number of aliphatic hydroxyl groups is 1. The molecule has 1 heterocycles. The second-order valence-electron chi connectivity index (χ2n) is 5.98. The molecule has 2 rings (SSSR count). The predicted octanol–water partition coefficient (Wildman–Crippen LogP) is 1.72. The zero-order chi connectivity index (χ0) is 13.0. The number of likely N-dealkylation sites (tertiary alicyclic amines) is 1. The normalized spacial score (nSPS) is 28.4. The standard InChI is InChI=1S/C14H25NO3/c16-13(8-11-4-1-2-5-11)10-15-7-3-6-12(9-15)14(17)18/h11-13,16H,1-10H2,(H,17,18). The van der Waals surface area contributed by atoms with Crippen molar-refractivity contribution in [1.82, 2.24) is 4.90 Å². The van der Waals surface area contributed by atoms with E-state index in [2.05, 4.69) is 4.90 Å². The quantitative estimate of drug-likeness (QED) is 0.785.